The molecule has 0 aromatic carbocycles. The van der Waals surface area contributed by atoms with Crippen LogP contribution in [0.15, 0.2) is 0 Å². The molecule has 1 saturated carbocycles. The summed E-state index contributed by atoms with van der Waals surface area (Å²) in [5.74, 6) is 0.997. The molecule has 1 atom stereocenters. The van der Waals surface area contributed by atoms with Gasteiger partial charge in [-0.1, -0.05) is 32.1 Å². The topological polar surface area (TPSA) is 44.1 Å². The molecule has 2 fully saturated rings. The van der Waals surface area contributed by atoms with Crippen LogP contribution in [0.3, 0.4) is 0 Å². The molecule has 1 saturated heterocycles. The third-order valence-corrected chi connectivity index (χ3v) is 4.24. The summed E-state index contributed by atoms with van der Waals surface area (Å²) < 4.78 is 0. The molecule has 0 N–H and O–H groups in total. The smallest absolute Gasteiger partial charge is 0.223 e. The summed E-state index contributed by atoms with van der Waals surface area (Å²) >= 11 is 0. The fourth-order valence-corrected chi connectivity index (χ4v) is 3.04. The maximum absolute atomic E-state index is 11.8. The zero-order valence-electron chi connectivity index (χ0n) is 10.5. The molecule has 3 heteroatoms. The Kier molecular flexibility index (Phi) is 4.42. The fraction of sp³-hybridized carbons (Fsp3) is 0.857. The van der Waals surface area contributed by atoms with Gasteiger partial charge >= 0.3 is 0 Å². The molecular formula is C14H22N2O. The van der Waals surface area contributed by atoms with Crippen LogP contribution in [0.1, 0.15) is 51.4 Å². The molecule has 1 heterocycles. The van der Waals surface area contributed by atoms with Gasteiger partial charge in [0.15, 0.2) is 0 Å². The van der Waals surface area contributed by atoms with Crippen LogP contribution in [-0.4, -0.2) is 23.9 Å². The van der Waals surface area contributed by atoms with Gasteiger partial charge in [-0.2, -0.15) is 5.26 Å². The minimum absolute atomic E-state index is 0.0339. The molecule has 1 amide bonds. The highest BCUT2D eigenvalue weighted by atomic mass is 16.2. The van der Waals surface area contributed by atoms with Crippen LogP contribution >= 0.6 is 0 Å². The van der Waals surface area contributed by atoms with E-state index in [1.54, 1.807) is 0 Å². The van der Waals surface area contributed by atoms with Crippen LogP contribution in [0.5, 0.6) is 0 Å². The molecule has 17 heavy (non-hydrogen) atoms. The van der Waals surface area contributed by atoms with Crippen molar-refractivity contribution in [1.29, 1.82) is 5.26 Å². The van der Waals surface area contributed by atoms with E-state index in [0.717, 1.165) is 25.4 Å². The van der Waals surface area contributed by atoms with Crippen LogP contribution in [-0.2, 0) is 4.79 Å². The molecule has 0 aromatic rings. The highest BCUT2D eigenvalue weighted by Gasteiger charge is 2.26. The van der Waals surface area contributed by atoms with Crippen molar-refractivity contribution in [3.05, 3.63) is 0 Å². The molecule has 3 nitrogen and oxygen atoms in total. The number of piperidine rings is 1. The van der Waals surface area contributed by atoms with Crippen molar-refractivity contribution in [3.63, 3.8) is 0 Å². The normalized spacial score (nSPS) is 26.9. The average Bonchev–Trinajstić information content (AvgIpc) is 2.38. The predicted molar refractivity (Wildman–Crippen MR) is 66.1 cm³/mol. The molecule has 0 spiro atoms. The number of carbonyl (C=O) groups is 1. The van der Waals surface area contributed by atoms with Crippen LogP contribution in [0, 0.1) is 23.2 Å². The monoisotopic (exact) mass is 234 g/mol. The summed E-state index contributed by atoms with van der Waals surface area (Å²) in [7, 11) is 0. The molecular weight excluding hydrogens is 212 g/mol. The lowest BCUT2D eigenvalue weighted by Gasteiger charge is -2.31. The van der Waals surface area contributed by atoms with Gasteiger partial charge in [0, 0.05) is 19.5 Å². The third kappa shape index (κ3) is 3.46. The largest absolute Gasteiger partial charge is 0.343 e. The second kappa shape index (κ2) is 6.05. The van der Waals surface area contributed by atoms with Gasteiger partial charge in [0.2, 0.25) is 5.91 Å². The summed E-state index contributed by atoms with van der Waals surface area (Å²) in [5, 5.41) is 8.81. The van der Waals surface area contributed by atoms with Crippen molar-refractivity contribution in [1.82, 2.24) is 4.90 Å². The molecule has 1 aliphatic heterocycles. The minimum atomic E-state index is -0.0339. The van der Waals surface area contributed by atoms with Crippen molar-refractivity contribution in [2.45, 2.75) is 51.4 Å². The zero-order valence-corrected chi connectivity index (χ0v) is 10.5. The van der Waals surface area contributed by atoms with E-state index in [0.29, 0.717) is 6.42 Å². The number of nitriles is 1. The van der Waals surface area contributed by atoms with Gasteiger partial charge in [0.25, 0.3) is 0 Å². The first kappa shape index (κ1) is 12.4. The summed E-state index contributed by atoms with van der Waals surface area (Å²) in [5.41, 5.74) is 0. The summed E-state index contributed by atoms with van der Waals surface area (Å²) in [6.07, 6.45) is 9.32. The number of nitrogens with zero attached hydrogens (tertiary/aromatic N) is 2. The number of amides is 1. The first-order valence-electron chi connectivity index (χ1n) is 6.97. The van der Waals surface area contributed by atoms with Crippen molar-refractivity contribution < 1.29 is 4.79 Å². The summed E-state index contributed by atoms with van der Waals surface area (Å²) in [6, 6.07) is 2.21. The Morgan fingerprint density at radius 2 is 2.00 bits per heavy atom. The summed E-state index contributed by atoms with van der Waals surface area (Å²) in [6.45, 7) is 1.71. The van der Waals surface area contributed by atoms with Crippen LogP contribution < -0.4 is 0 Å². The van der Waals surface area contributed by atoms with Crippen molar-refractivity contribution >= 4 is 5.91 Å². The standard InChI is InChI=1S/C14H22N2O/c15-11-13-7-9-16(14(17)10-13)8-6-12-4-2-1-3-5-12/h12-13H,1-10H2. The molecule has 2 rings (SSSR count). The van der Waals surface area contributed by atoms with E-state index in [4.69, 9.17) is 5.26 Å². The Balaban J connectivity index is 1.72. The zero-order chi connectivity index (χ0) is 12.1. The molecule has 1 unspecified atom stereocenters. The van der Waals surface area contributed by atoms with Gasteiger partial charge in [0.05, 0.1) is 12.0 Å². The molecule has 2 aliphatic rings. The number of rotatable bonds is 3. The number of hydrogen-bond acceptors (Lipinski definition) is 2. The number of hydrogen-bond donors (Lipinski definition) is 0. The van der Waals surface area contributed by atoms with Crippen LogP contribution in [0.25, 0.3) is 0 Å². The minimum Gasteiger partial charge on any atom is -0.343 e. The van der Waals surface area contributed by atoms with Gasteiger partial charge in [0.1, 0.15) is 0 Å². The molecule has 1 aliphatic carbocycles. The van der Waals surface area contributed by atoms with Crippen molar-refractivity contribution in [2.24, 2.45) is 11.8 Å². The number of likely N-dealkylation sites (tertiary alicyclic amines) is 1. The van der Waals surface area contributed by atoms with Crippen molar-refractivity contribution in [3.8, 4) is 6.07 Å². The Labute approximate surface area is 104 Å². The highest BCUT2D eigenvalue weighted by molar-refractivity contribution is 5.77. The molecule has 0 bridgehead atoms. The highest BCUT2D eigenvalue weighted by Crippen LogP contribution is 2.27. The Morgan fingerprint density at radius 3 is 2.65 bits per heavy atom. The molecule has 0 aromatic heterocycles. The van der Waals surface area contributed by atoms with E-state index in [1.807, 2.05) is 4.90 Å². The number of carbonyl (C=O) groups excluding carboxylic acids is 1. The lowest BCUT2D eigenvalue weighted by atomic mass is 9.86. The van der Waals surface area contributed by atoms with Crippen LogP contribution in [0.2, 0.25) is 0 Å². The summed E-state index contributed by atoms with van der Waals surface area (Å²) in [4.78, 5) is 13.8. The maximum Gasteiger partial charge on any atom is 0.223 e. The quantitative estimate of drug-likeness (QED) is 0.753. The van der Waals surface area contributed by atoms with Crippen LogP contribution in [0.4, 0.5) is 0 Å². The van der Waals surface area contributed by atoms with Gasteiger partial charge in [-0.3, -0.25) is 4.79 Å². The Bertz CT molecular complexity index is 302. The second-order valence-electron chi connectivity index (χ2n) is 5.49. The van der Waals surface area contributed by atoms with E-state index >= 15 is 0 Å². The lowest BCUT2D eigenvalue weighted by Crippen LogP contribution is -2.39. The first-order chi connectivity index (χ1) is 8.29. The van der Waals surface area contributed by atoms with Gasteiger partial charge in [-0.25, -0.2) is 0 Å². The Hall–Kier alpha value is -1.04. The SMILES string of the molecule is N#CC1CCN(CCC2CCCCC2)C(=O)C1. The second-order valence-corrected chi connectivity index (χ2v) is 5.49. The molecule has 0 radical (unpaired) electrons. The predicted octanol–water partition coefficient (Wildman–Crippen LogP) is 2.72. The van der Waals surface area contributed by atoms with E-state index in [9.17, 15) is 4.79 Å². The lowest BCUT2D eigenvalue weighted by molar-refractivity contribution is -0.134. The third-order valence-electron chi connectivity index (χ3n) is 4.24. The average molecular weight is 234 g/mol. The van der Waals surface area contributed by atoms with E-state index in [2.05, 4.69) is 6.07 Å². The van der Waals surface area contributed by atoms with E-state index < -0.39 is 0 Å². The van der Waals surface area contributed by atoms with E-state index in [-0.39, 0.29) is 11.8 Å². The van der Waals surface area contributed by atoms with Crippen molar-refractivity contribution in [2.75, 3.05) is 13.1 Å². The van der Waals surface area contributed by atoms with Gasteiger partial charge in [-0.15, -0.1) is 0 Å². The van der Waals surface area contributed by atoms with Gasteiger partial charge in [-0.05, 0) is 18.8 Å². The van der Waals surface area contributed by atoms with Gasteiger partial charge < -0.3 is 4.90 Å². The molecule has 94 valence electrons. The fourth-order valence-electron chi connectivity index (χ4n) is 3.04. The Morgan fingerprint density at radius 1 is 1.24 bits per heavy atom. The maximum atomic E-state index is 11.8. The first-order valence-corrected chi connectivity index (χ1v) is 6.97. The van der Waals surface area contributed by atoms with E-state index in [1.165, 1.54) is 38.5 Å².